The molecule has 0 aromatic carbocycles. The third kappa shape index (κ3) is 12.8. The maximum Gasteiger partial charge on any atom is 0.0858 e. The summed E-state index contributed by atoms with van der Waals surface area (Å²) in [6.45, 7) is 30.8. The topological polar surface area (TPSA) is 80.3 Å². The molecule has 2 atom stereocenters. The van der Waals surface area contributed by atoms with Gasteiger partial charge in [0, 0.05) is 10.4 Å². The predicted octanol–water partition coefficient (Wildman–Crippen LogP) is 3.98. The Kier molecular flexibility index (Phi) is 18.3. The van der Waals surface area contributed by atoms with Crippen LogP contribution in [0.1, 0.15) is 82.1 Å². The van der Waals surface area contributed by atoms with E-state index in [9.17, 15) is 0 Å². The highest BCUT2D eigenvalue weighted by atomic mass is 32.3. The second-order valence-corrected chi connectivity index (χ2v) is 8.07. The molecular formula is C20H48N2O4S. The Morgan fingerprint density at radius 1 is 0.593 bits per heavy atom. The summed E-state index contributed by atoms with van der Waals surface area (Å²) in [5.41, 5.74) is 0. The van der Waals surface area contributed by atoms with E-state index in [2.05, 4.69) is 69.2 Å². The van der Waals surface area contributed by atoms with Crippen LogP contribution in [0.2, 0.25) is 0 Å². The molecule has 0 aromatic rings. The third-order valence-electron chi connectivity index (χ3n) is 6.83. The molecule has 0 amide bonds. The second-order valence-electron chi connectivity index (χ2n) is 7.26. The maximum atomic E-state index is 8.52. The zero-order valence-electron chi connectivity index (χ0n) is 19.7. The van der Waals surface area contributed by atoms with E-state index in [-0.39, 0.29) is 0 Å². The lowest BCUT2D eigenvalue weighted by molar-refractivity contribution is -0.945. The SMILES string of the molecule is CCC(C)[N+](CC)(CC)CC.CCC(C)[N+](CC)(CC)CC.O=S(=O)([O-])[O-]. The van der Waals surface area contributed by atoms with Gasteiger partial charge in [0.1, 0.15) is 0 Å². The van der Waals surface area contributed by atoms with Crippen LogP contribution in [-0.4, -0.2) is 77.8 Å². The van der Waals surface area contributed by atoms with Crippen molar-refractivity contribution < 1.29 is 26.5 Å². The predicted molar refractivity (Wildman–Crippen MR) is 114 cm³/mol. The van der Waals surface area contributed by atoms with Crippen molar-refractivity contribution in [3.05, 3.63) is 0 Å². The fraction of sp³-hybridized carbons (Fsp3) is 1.00. The van der Waals surface area contributed by atoms with E-state index in [1.807, 2.05) is 0 Å². The van der Waals surface area contributed by atoms with Crippen molar-refractivity contribution >= 4 is 10.4 Å². The fourth-order valence-electron chi connectivity index (χ4n) is 3.99. The zero-order chi connectivity index (χ0) is 22.3. The molecule has 0 saturated heterocycles. The lowest BCUT2D eigenvalue weighted by Crippen LogP contribution is -2.53. The Hall–Kier alpha value is -0.210. The van der Waals surface area contributed by atoms with Crippen LogP contribution < -0.4 is 0 Å². The van der Waals surface area contributed by atoms with Gasteiger partial charge in [-0.2, -0.15) is 0 Å². The summed E-state index contributed by atoms with van der Waals surface area (Å²) in [5.74, 6) is 0. The highest BCUT2D eigenvalue weighted by Crippen LogP contribution is 2.15. The fourth-order valence-corrected chi connectivity index (χ4v) is 3.99. The van der Waals surface area contributed by atoms with E-state index in [4.69, 9.17) is 17.5 Å². The van der Waals surface area contributed by atoms with Crippen molar-refractivity contribution in [3.63, 3.8) is 0 Å². The molecule has 0 fully saturated rings. The molecule has 0 spiro atoms. The molecule has 0 rings (SSSR count). The van der Waals surface area contributed by atoms with Crippen LogP contribution in [0.5, 0.6) is 0 Å². The molecule has 0 heterocycles. The van der Waals surface area contributed by atoms with Crippen molar-refractivity contribution in [1.82, 2.24) is 0 Å². The number of rotatable bonds is 10. The van der Waals surface area contributed by atoms with Crippen LogP contribution in [0.25, 0.3) is 0 Å². The van der Waals surface area contributed by atoms with Gasteiger partial charge in [-0.3, -0.25) is 8.42 Å². The summed E-state index contributed by atoms with van der Waals surface area (Å²) in [4.78, 5) is 0. The van der Waals surface area contributed by atoms with Crippen molar-refractivity contribution in [3.8, 4) is 0 Å². The van der Waals surface area contributed by atoms with E-state index >= 15 is 0 Å². The molecule has 0 aliphatic heterocycles. The minimum absolute atomic E-state index is 0.829. The summed E-state index contributed by atoms with van der Waals surface area (Å²) in [6, 6.07) is 1.66. The first-order valence-electron chi connectivity index (χ1n) is 10.7. The van der Waals surface area contributed by atoms with E-state index in [1.54, 1.807) is 0 Å². The van der Waals surface area contributed by atoms with Gasteiger partial charge in [0.2, 0.25) is 0 Å². The van der Waals surface area contributed by atoms with Crippen molar-refractivity contribution in [2.75, 3.05) is 39.3 Å². The number of quaternary nitrogens is 2. The molecule has 0 N–H and O–H groups in total. The summed E-state index contributed by atoms with van der Waals surface area (Å²) < 4.78 is 36.7. The van der Waals surface area contributed by atoms with Crippen LogP contribution in [0, 0.1) is 0 Å². The van der Waals surface area contributed by atoms with E-state index in [1.165, 1.54) is 61.1 Å². The van der Waals surface area contributed by atoms with Crippen molar-refractivity contribution in [1.29, 1.82) is 0 Å². The van der Waals surface area contributed by atoms with Gasteiger partial charge >= 0.3 is 0 Å². The summed E-state index contributed by atoms with van der Waals surface area (Å²) in [5, 5.41) is 0. The lowest BCUT2D eigenvalue weighted by Gasteiger charge is -2.41. The minimum atomic E-state index is -5.17. The molecular weight excluding hydrogens is 364 g/mol. The quantitative estimate of drug-likeness (QED) is 0.309. The lowest BCUT2D eigenvalue weighted by atomic mass is 10.1. The van der Waals surface area contributed by atoms with Gasteiger partial charge in [-0.15, -0.1) is 0 Å². The zero-order valence-corrected chi connectivity index (χ0v) is 20.6. The number of hydrogen-bond acceptors (Lipinski definition) is 4. The van der Waals surface area contributed by atoms with E-state index in [0.717, 1.165) is 12.1 Å². The van der Waals surface area contributed by atoms with Gasteiger partial charge < -0.3 is 18.1 Å². The standard InChI is InChI=1S/2C10H24N.H2O4S/c2*1-6-10(5)11(7-2,8-3)9-4;1-5(2,3)4/h2*10H,6-9H2,1-5H3;(H2,1,2,3,4)/q2*+1;/p-2. The molecule has 0 aliphatic rings. The molecule has 0 aliphatic carbocycles. The first kappa shape index (κ1) is 31.5. The Bertz CT molecular complexity index is 383. The second kappa shape index (κ2) is 15.7. The van der Waals surface area contributed by atoms with Crippen LogP contribution in [-0.2, 0) is 10.4 Å². The third-order valence-corrected chi connectivity index (χ3v) is 6.83. The van der Waals surface area contributed by atoms with Crippen molar-refractivity contribution in [2.24, 2.45) is 0 Å². The maximum absolute atomic E-state index is 8.52. The van der Waals surface area contributed by atoms with Crippen LogP contribution >= 0.6 is 0 Å². The van der Waals surface area contributed by atoms with E-state index < -0.39 is 10.4 Å². The average molecular weight is 413 g/mol. The van der Waals surface area contributed by atoms with Crippen molar-refractivity contribution in [2.45, 2.75) is 94.2 Å². The smallest absolute Gasteiger partial charge is 0.0858 e. The molecule has 168 valence electrons. The van der Waals surface area contributed by atoms with Gasteiger partial charge in [-0.05, 0) is 68.2 Å². The largest absolute Gasteiger partial charge is 0.759 e. The summed E-state index contributed by atoms with van der Waals surface area (Å²) >= 11 is 0. The molecule has 0 aromatic heterocycles. The molecule has 27 heavy (non-hydrogen) atoms. The molecule has 0 saturated carbocycles. The molecule has 2 unspecified atom stereocenters. The Morgan fingerprint density at radius 3 is 0.778 bits per heavy atom. The van der Waals surface area contributed by atoms with Crippen LogP contribution in [0.4, 0.5) is 0 Å². The molecule has 0 bridgehead atoms. The van der Waals surface area contributed by atoms with Gasteiger partial charge in [-0.1, -0.05) is 13.8 Å². The summed E-state index contributed by atoms with van der Waals surface area (Å²) in [6.07, 6.45) is 2.60. The van der Waals surface area contributed by atoms with Gasteiger partial charge in [0.15, 0.2) is 0 Å². The highest BCUT2D eigenvalue weighted by molar-refractivity contribution is 7.79. The van der Waals surface area contributed by atoms with E-state index in [0.29, 0.717) is 0 Å². The highest BCUT2D eigenvalue weighted by Gasteiger charge is 2.27. The number of nitrogens with zero attached hydrogens (tertiary/aromatic N) is 2. The number of hydrogen-bond donors (Lipinski definition) is 0. The first-order chi connectivity index (χ1) is 12.3. The molecule has 0 radical (unpaired) electrons. The molecule has 6 nitrogen and oxygen atoms in total. The van der Waals surface area contributed by atoms with Gasteiger partial charge in [0.05, 0.1) is 51.4 Å². The Morgan fingerprint density at radius 2 is 0.741 bits per heavy atom. The Balaban J connectivity index is -0.000000344. The normalized spacial score (nSPS) is 14.4. The summed E-state index contributed by atoms with van der Waals surface area (Å²) in [7, 11) is -5.17. The van der Waals surface area contributed by atoms with Crippen LogP contribution in [0.3, 0.4) is 0 Å². The first-order valence-corrected chi connectivity index (χ1v) is 12.0. The minimum Gasteiger partial charge on any atom is -0.759 e. The van der Waals surface area contributed by atoms with Gasteiger partial charge in [0.25, 0.3) is 0 Å². The van der Waals surface area contributed by atoms with Gasteiger partial charge in [-0.25, -0.2) is 0 Å². The average Bonchev–Trinajstić information content (AvgIpc) is 2.64. The Labute approximate surface area is 170 Å². The molecule has 7 heteroatoms. The van der Waals surface area contributed by atoms with Crippen LogP contribution in [0.15, 0.2) is 0 Å². The monoisotopic (exact) mass is 412 g/mol.